The Hall–Kier alpha value is -0.410. The largest absolute Gasteiger partial charge is 0.309 e. The van der Waals surface area contributed by atoms with Gasteiger partial charge in [-0.1, -0.05) is 0 Å². The van der Waals surface area contributed by atoms with Crippen molar-refractivity contribution in [3.63, 3.8) is 0 Å². The zero-order valence-electron chi connectivity index (χ0n) is 12.1. The zero-order chi connectivity index (χ0) is 13.2. The molecule has 4 saturated carbocycles. The summed E-state index contributed by atoms with van der Waals surface area (Å²) in [5, 5.41) is 7.46. The average Bonchev–Trinajstić information content (AvgIpc) is 3.09. The number of aromatic nitrogens is 1. The van der Waals surface area contributed by atoms with Crippen LogP contribution < -0.4 is 5.32 Å². The number of rotatable bonds is 2. The number of hydrogen-bond donors (Lipinski definition) is 1. The summed E-state index contributed by atoms with van der Waals surface area (Å²) >= 11 is 1.97. The van der Waals surface area contributed by atoms with Gasteiger partial charge in [0, 0.05) is 10.8 Å². The molecule has 1 aliphatic heterocycles. The molecule has 5 aliphatic rings. The SMILES string of the molecule is c1sc(C23CC4CC(CC(C4)C2)C3)nc1[C@@H]1CCCN1. The Balaban J connectivity index is 1.47. The fourth-order valence-electron chi connectivity index (χ4n) is 6.00. The van der Waals surface area contributed by atoms with Crippen molar-refractivity contribution in [1.29, 1.82) is 0 Å². The lowest BCUT2D eigenvalue weighted by molar-refractivity contribution is -0.00535. The monoisotopic (exact) mass is 288 g/mol. The smallest absolute Gasteiger partial charge is 0.0991 e. The van der Waals surface area contributed by atoms with Crippen LogP contribution in [0.4, 0.5) is 0 Å². The molecule has 6 rings (SSSR count). The van der Waals surface area contributed by atoms with E-state index in [-0.39, 0.29) is 0 Å². The van der Waals surface area contributed by atoms with Crippen LogP contribution in [-0.4, -0.2) is 11.5 Å². The molecule has 0 amide bonds. The molecule has 4 bridgehead atoms. The second-order valence-electron chi connectivity index (χ2n) is 7.92. The molecular weight excluding hydrogens is 264 g/mol. The molecule has 2 nitrogen and oxygen atoms in total. The van der Waals surface area contributed by atoms with Crippen molar-refractivity contribution in [2.75, 3.05) is 6.54 Å². The van der Waals surface area contributed by atoms with E-state index in [1.54, 1.807) is 0 Å². The van der Waals surface area contributed by atoms with Gasteiger partial charge in [0.25, 0.3) is 0 Å². The standard InChI is InChI=1S/C17H24N2S/c1-2-14(18-3-1)15-10-20-16(19-15)17-7-11-4-12(8-17)6-13(5-11)9-17/h10-14,18H,1-9H2/t11?,12?,13?,14-,17?/m0/s1. The normalized spacial score (nSPS) is 46.2. The third kappa shape index (κ3) is 1.75. The Morgan fingerprint density at radius 1 is 1.10 bits per heavy atom. The van der Waals surface area contributed by atoms with Gasteiger partial charge in [-0.05, 0) is 75.7 Å². The molecule has 2 heterocycles. The topological polar surface area (TPSA) is 24.9 Å². The van der Waals surface area contributed by atoms with Gasteiger partial charge in [0.15, 0.2) is 0 Å². The summed E-state index contributed by atoms with van der Waals surface area (Å²) in [5.74, 6) is 3.08. The highest BCUT2D eigenvalue weighted by Crippen LogP contribution is 2.61. The van der Waals surface area contributed by atoms with Crippen molar-refractivity contribution in [3.8, 4) is 0 Å². The van der Waals surface area contributed by atoms with Crippen LogP contribution in [0.15, 0.2) is 5.38 Å². The van der Waals surface area contributed by atoms with Gasteiger partial charge in [0.05, 0.1) is 16.7 Å². The molecule has 108 valence electrons. The van der Waals surface area contributed by atoms with Gasteiger partial charge in [0.1, 0.15) is 0 Å². The van der Waals surface area contributed by atoms with Crippen molar-refractivity contribution < 1.29 is 0 Å². The molecule has 1 saturated heterocycles. The average molecular weight is 288 g/mol. The molecule has 0 aromatic carbocycles. The van der Waals surface area contributed by atoms with Gasteiger partial charge >= 0.3 is 0 Å². The fourth-order valence-corrected chi connectivity index (χ4v) is 7.11. The third-order valence-corrected chi connectivity index (χ3v) is 7.54. The Morgan fingerprint density at radius 3 is 2.40 bits per heavy atom. The fraction of sp³-hybridized carbons (Fsp3) is 0.824. The van der Waals surface area contributed by atoms with Crippen molar-refractivity contribution in [2.24, 2.45) is 17.8 Å². The number of hydrogen-bond acceptors (Lipinski definition) is 3. The van der Waals surface area contributed by atoms with Gasteiger partial charge in [-0.2, -0.15) is 0 Å². The van der Waals surface area contributed by atoms with E-state index >= 15 is 0 Å². The van der Waals surface area contributed by atoms with E-state index in [2.05, 4.69) is 10.7 Å². The molecule has 0 unspecified atom stereocenters. The molecule has 4 aliphatic carbocycles. The lowest BCUT2D eigenvalue weighted by Crippen LogP contribution is -2.48. The molecule has 1 atom stereocenters. The lowest BCUT2D eigenvalue weighted by atomic mass is 9.50. The van der Waals surface area contributed by atoms with Crippen LogP contribution in [0.1, 0.15) is 68.1 Å². The van der Waals surface area contributed by atoms with E-state index in [1.165, 1.54) is 68.6 Å². The molecule has 1 aromatic heterocycles. The summed E-state index contributed by atoms with van der Waals surface area (Å²) in [4.78, 5) is 5.14. The van der Waals surface area contributed by atoms with Crippen molar-refractivity contribution in [1.82, 2.24) is 10.3 Å². The highest BCUT2D eigenvalue weighted by Gasteiger charge is 2.53. The zero-order valence-corrected chi connectivity index (χ0v) is 12.9. The third-order valence-electron chi connectivity index (χ3n) is 6.43. The highest BCUT2D eigenvalue weighted by atomic mass is 32.1. The Labute approximate surface area is 125 Å². The first kappa shape index (κ1) is 12.2. The predicted molar refractivity (Wildman–Crippen MR) is 81.9 cm³/mol. The number of nitrogens with zero attached hydrogens (tertiary/aromatic N) is 1. The van der Waals surface area contributed by atoms with E-state index in [4.69, 9.17) is 4.98 Å². The van der Waals surface area contributed by atoms with E-state index in [0.29, 0.717) is 11.5 Å². The van der Waals surface area contributed by atoms with Crippen LogP contribution in [0.5, 0.6) is 0 Å². The molecule has 3 heteroatoms. The predicted octanol–water partition coefficient (Wildman–Crippen LogP) is 4.04. The van der Waals surface area contributed by atoms with Crippen LogP contribution in [0.3, 0.4) is 0 Å². The second-order valence-corrected chi connectivity index (χ2v) is 8.78. The highest BCUT2D eigenvalue weighted by molar-refractivity contribution is 7.09. The van der Waals surface area contributed by atoms with E-state index in [9.17, 15) is 0 Å². The van der Waals surface area contributed by atoms with Crippen LogP contribution in [-0.2, 0) is 5.41 Å². The molecule has 0 spiro atoms. The Morgan fingerprint density at radius 2 is 1.80 bits per heavy atom. The van der Waals surface area contributed by atoms with Gasteiger partial charge in [-0.15, -0.1) is 11.3 Å². The summed E-state index contributed by atoms with van der Waals surface area (Å²) in [5.41, 5.74) is 1.84. The van der Waals surface area contributed by atoms with Gasteiger partial charge < -0.3 is 5.32 Å². The minimum absolute atomic E-state index is 0.496. The number of thiazole rings is 1. The van der Waals surface area contributed by atoms with Gasteiger partial charge in [0.2, 0.25) is 0 Å². The maximum absolute atomic E-state index is 5.14. The van der Waals surface area contributed by atoms with Gasteiger partial charge in [-0.3, -0.25) is 0 Å². The minimum atomic E-state index is 0.496. The van der Waals surface area contributed by atoms with Crippen LogP contribution in [0.2, 0.25) is 0 Å². The lowest BCUT2D eigenvalue weighted by Gasteiger charge is -2.56. The summed E-state index contributed by atoms with van der Waals surface area (Å²) in [6, 6.07) is 0.550. The van der Waals surface area contributed by atoms with Crippen molar-refractivity contribution in [2.45, 2.75) is 62.8 Å². The molecule has 20 heavy (non-hydrogen) atoms. The number of nitrogens with one attached hydrogen (secondary N) is 1. The first-order valence-corrected chi connectivity index (χ1v) is 9.38. The quantitative estimate of drug-likeness (QED) is 0.888. The molecule has 5 fully saturated rings. The summed E-state index contributed by atoms with van der Waals surface area (Å²) in [7, 11) is 0. The van der Waals surface area contributed by atoms with E-state index in [1.807, 2.05) is 11.3 Å². The summed E-state index contributed by atoms with van der Waals surface area (Å²) in [6.07, 6.45) is 11.5. The van der Waals surface area contributed by atoms with Crippen molar-refractivity contribution in [3.05, 3.63) is 16.1 Å². The van der Waals surface area contributed by atoms with Crippen LogP contribution in [0, 0.1) is 17.8 Å². The van der Waals surface area contributed by atoms with Gasteiger partial charge in [-0.25, -0.2) is 4.98 Å². The molecule has 1 N–H and O–H groups in total. The van der Waals surface area contributed by atoms with Crippen LogP contribution >= 0.6 is 11.3 Å². The molecule has 0 radical (unpaired) electrons. The van der Waals surface area contributed by atoms with E-state index < -0.39 is 0 Å². The Bertz CT molecular complexity index is 480. The Kier molecular flexibility index (Phi) is 2.61. The van der Waals surface area contributed by atoms with Crippen molar-refractivity contribution >= 4 is 11.3 Å². The van der Waals surface area contributed by atoms with E-state index in [0.717, 1.165) is 17.8 Å². The molecule has 1 aromatic rings. The first-order valence-electron chi connectivity index (χ1n) is 8.50. The summed E-state index contributed by atoms with van der Waals surface area (Å²) in [6.45, 7) is 1.18. The molecular formula is C17H24N2S. The minimum Gasteiger partial charge on any atom is -0.309 e. The first-order chi connectivity index (χ1) is 9.81. The second kappa shape index (κ2) is 4.30. The van der Waals surface area contributed by atoms with Crippen LogP contribution in [0.25, 0.3) is 0 Å². The maximum Gasteiger partial charge on any atom is 0.0991 e. The summed E-state index contributed by atoms with van der Waals surface area (Å²) < 4.78 is 0. The maximum atomic E-state index is 5.14.